The number of rotatable bonds is 3. The zero-order valence-corrected chi connectivity index (χ0v) is 14.9. The molecule has 0 spiro atoms. The van der Waals surface area contributed by atoms with Crippen LogP contribution in [-0.2, 0) is 11.2 Å². The Morgan fingerprint density at radius 1 is 1.26 bits per heavy atom. The number of halogens is 1. The van der Waals surface area contributed by atoms with Gasteiger partial charge < -0.3 is 15.0 Å². The van der Waals surface area contributed by atoms with Crippen LogP contribution < -0.4 is 10.1 Å². The summed E-state index contributed by atoms with van der Waals surface area (Å²) in [6, 6.07) is 11.1. The molecule has 27 heavy (non-hydrogen) atoms. The highest BCUT2D eigenvalue weighted by Crippen LogP contribution is 2.34. The highest BCUT2D eigenvalue weighted by Gasteiger charge is 2.36. The Morgan fingerprint density at radius 3 is 2.78 bits per heavy atom. The van der Waals surface area contributed by atoms with E-state index in [9.17, 15) is 14.0 Å². The maximum Gasteiger partial charge on any atom is 0.270 e. The van der Waals surface area contributed by atoms with Crippen molar-refractivity contribution in [3.05, 3.63) is 76.7 Å². The van der Waals surface area contributed by atoms with Crippen LogP contribution in [0.5, 0.6) is 5.75 Å². The predicted octanol–water partition coefficient (Wildman–Crippen LogP) is 2.63. The van der Waals surface area contributed by atoms with Crippen molar-refractivity contribution in [2.75, 3.05) is 20.2 Å². The first-order valence-electron chi connectivity index (χ1n) is 8.80. The first kappa shape index (κ1) is 17.3. The third-order valence-electron chi connectivity index (χ3n) is 5.09. The van der Waals surface area contributed by atoms with Crippen LogP contribution in [0.3, 0.4) is 0 Å². The van der Waals surface area contributed by atoms with Crippen molar-refractivity contribution < 1.29 is 18.7 Å². The number of nitrogens with zero attached hydrogens (tertiary/aromatic N) is 1. The Bertz CT molecular complexity index is 937. The van der Waals surface area contributed by atoms with Gasteiger partial charge in [0.25, 0.3) is 5.91 Å². The standard InChI is InChI=1S/C21H19FN2O3/c1-27-16-7-4-13-8-9-24-19(17(13)10-16)12-23-18(21(24)26)11-20(25)14-2-5-15(22)6-3-14/h2-7,10-11,19,23H,8-9,12H2,1H3/b18-11-. The van der Waals surface area contributed by atoms with Crippen LogP contribution in [0.15, 0.2) is 54.2 Å². The Morgan fingerprint density at radius 2 is 2.04 bits per heavy atom. The largest absolute Gasteiger partial charge is 0.497 e. The summed E-state index contributed by atoms with van der Waals surface area (Å²) in [7, 11) is 1.62. The zero-order chi connectivity index (χ0) is 19.0. The summed E-state index contributed by atoms with van der Waals surface area (Å²) >= 11 is 0. The molecular weight excluding hydrogens is 347 g/mol. The first-order chi connectivity index (χ1) is 13.1. The second kappa shape index (κ2) is 6.87. The molecule has 1 atom stereocenters. The van der Waals surface area contributed by atoms with Crippen LogP contribution in [0.2, 0.25) is 0 Å². The summed E-state index contributed by atoms with van der Waals surface area (Å²) in [6.45, 7) is 1.13. The minimum Gasteiger partial charge on any atom is -0.497 e. The van der Waals surface area contributed by atoms with Gasteiger partial charge in [0.2, 0.25) is 0 Å². The number of allylic oxidation sites excluding steroid dienone is 1. The Labute approximate surface area is 156 Å². The van der Waals surface area contributed by atoms with E-state index in [0.717, 1.165) is 17.7 Å². The lowest BCUT2D eigenvalue weighted by molar-refractivity contribution is -0.132. The van der Waals surface area contributed by atoms with E-state index in [1.807, 2.05) is 18.2 Å². The monoisotopic (exact) mass is 366 g/mol. The van der Waals surface area contributed by atoms with Crippen LogP contribution in [0.25, 0.3) is 0 Å². The first-order valence-corrected chi connectivity index (χ1v) is 8.80. The molecule has 1 amide bonds. The molecule has 1 N–H and O–H groups in total. The van der Waals surface area contributed by atoms with Crippen molar-refractivity contribution in [3.63, 3.8) is 0 Å². The average molecular weight is 366 g/mol. The summed E-state index contributed by atoms with van der Waals surface area (Å²) in [5.74, 6) is -0.175. The second-order valence-corrected chi connectivity index (χ2v) is 6.64. The molecule has 1 fully saturated rings. The number of fused-ring (bicyclic) bond motifs is 3. The van der Waals surface area contributed by atoms with Gasteiger partial charge in [-0.3, -0.25) is 9.59 Å². The number of piperazine rings is 1. The van der Waals surface area contributed by atoms with E-state index in [0.29, 0.717) is 18.7 Å². The number of benzene rings is 2. The highest BCUT2D eigenvalue weighted by molar-refractivity contribution is 6.09. The molecule has 1 unspecified atom stereocenters. The van der Waals surface area contributed by atoms with Gasteiger partial charge in [0, 0.05) is 24.7 Å². The molecule has 4 rings (SSSR count). The predicted molar refractivity (Wildman–Crippen MR) is 98.0 cm³/mol. The van der Waals surface area contributed by atoms with Crippen molar-refractivity contribution in [3.8, 4) is 5.75 Å². The highest BCUT2D eigenvalue weighted by atomic mass is 19.1. The molecule has 2 heterocycles. The molecule has 2 aliphatic rings. The van der Waals surface area contributed by atoms with Gasteiger partial charge in [-0.15, -0.1) is 0 Å². The molecule has 0 bridgehead atoms. The number of ketones is 1. The van der Waals surface area contributed by atoms with Gasteiger partial charge in [0.05, 0.1) is 13.2 Å². The van der Waals surface area contributed by atoms with Gasteiger partial charge >= 0.3 is 0 Å². The molecule has 2 aliphatic heterocycles. The van der Waals surface area contributed by atoms with Crippen molar-refractivity contribution in [1.29, 1.82) is 0 Å². The fraction of sp³-hybridized carbons (Fsp3) is 0.238. The van der Waals surface area contributed by atoms with Gasteiger partial charge in [-0.05, 0) is 53.9 Å². The molecule has 0 saturated carbocycles. The normalized spacial score (nSPS) is 19.9. The zero-order valence-electron chi connectivity index (χ0n) is 14.9. The molecule has 0 aliphatic carbocycles. The smallest absolute Gasteiger partial charge is 0.270 e. The van der Waals surface area contributed by atoms with Gasteiger partial charge in [0.15, 0.2) is 5.78 Å². The summed E-state index contributed by atoms with van der Waals surface area (Å²) < 4.78 is 18.3. The van der Waals surface area contributed by atoms with Crippen LogP contribution in [0.1, 0.15) is 27.5 Å². The molecule has 0 aromatic heterocycles. The summed E-state index contributed by atoms with van der Waals surface area (Å²) in [6.07, 6.45) is 2.06. The van der Waals surface area contributed by atoms with Crippen LogP contribution >= 0.6 is 0 Å². The van der Waals surface area contributed by atoms with E-state index in [1.54, 1.807) is 12.0 Å². The van der Waals surface area contributed by atoms with Gasteiger partial charge in [0.1, 0.15) is 17.3 Å². The molecule has 0 radical (unpaired) electrons. The van der Waals surface area contributed by atoms with E-state index >= 15 is 0 Å². The van der Waals surface area contributed by atoms with E-state index < -0.39 is 5.82 Å². The number of ether oxygens (including phenoxy) is 1. The Balaban J connectivity index is 1.58. The van der Waals surface area contributed by atoms with E-state index in [-0.39, 0.29) is 23.4 Å². The molecule has 138 valence electrons. The fourth-order valence-corrected chi connectivity index (χ4v) is 3.64. The molecule has 5 nitrogen and oxygen atoms in total. The van der Waals surface area contributed by atoms with Gasteiger partial charge in [-0.2, -0.15) is 0 Å². The number of hydrogen-bond acceptors (Lipinski definition) is 4. The van der Waals surface area contributed by atoms with Crippen LogP contribution in [-0.4, -0.2) is 36.8 Å². The lowest BCUT2D eigenvalue weighted by Crippen LogP contribution is -2.51. The lowest BCUT2D eigenvalue weighted by Gasteiger charge is -2.41. The average Bonchev–Trinajstić information content (AvgIpc) is 2.69. The summed E-state index contributed by atoms with van der Waals surface area (Å²) in [5, 5.41) is 3.09. The molecule has 6 heteroatoms. The number of hydrogen-bond donors (Lipinski definition) is 1. The van der Waals surface area contributed by atoms with E-state index in [1.165, 1.54) is 35.9 Å². The third kappa shape index (κ3) is 3.18. The van der Waals surface area contributed by atoms with E-state index in [4.69, 9.17) is 4.74 Å². The molecular formula is C21H19FN2O3. The number of carbonyl (C=O) groups excluding carboxylic acids is 2. The minimum absolute atomic E-state index is 0.0885. The van der Waals surface area contributed by atoms with Crippen molar-refractivity contribution in [2.45, 2.75) is 12.5 Å². The third-order valence-corrected chi connectivity index (χ3v) is 5.09. The van der Waals surface area contributed by atoms with E-state index in [2.05, 4.69) is 5.32 Å². The molecule has 1 saturated heterocycles. The quantitative estimate of drug-likeness (QED) is 0.670. The number of amides is 1. The van der Waals surface area contributed by atoms with Crippen LogP contribution in [0.4, 0.5) is 4.39 Å². The van der Waals surface area contributed by atoms with Crippen molar-refractivity contribution in [2.24, 2.45) is 0 Å². The Kier molecular flexibility index (Phi) is 4.39. The summed E-state index contributed by atoms with van der Waals surface area (Å²) in [5.41, 5.74) is 2.90. The fourth-order valence-electron chi connectivity index (χ4n) is 3.64. The van der Waals surface area contributed by atoms with Crippen molar-refractivity contribution in [1.82, 2.24) is 10.2 Å². The van der Waals surface area contributed by atoms with Gasteiger partial charge in [-0.25, -0.2) is 4.39 Å². The lowest BCUT2D eigenvalue weighted by atomic mass is 9.90. The number of nitrogens with one attached hydrogen (secondary N) is 1. The number of methoxy groups -OCH3 is 1. The SMILES string of the molecule is COc1ccc2c(c1)C1CN/C(=C\C(=O)c3ccc(F)cc3)C(=O)N1CC2. The van der Waals surface area contributed by atoms with Crippen LogP contribution in [0, 0.1) is 5.82 Å². The molecule has 2 aromatic rings. The minimum atomic E-state index is -0.406. The molecule has 2 aromatic carbocycles. The maximum atomic E-state index is 13.0. The number of carbonyl (C=O) groups is 2. The second-order valence-electron chi connectivity index (χ2n) is 6.64. The maximum absolute atomic E-state index is 13.0. The summed E-state index contributed by atoms with van der Waals surface area (Å²) in [4.78, 5) is 27.1. The van der Waals surface area contributed by atoms with Crippen molar-refractivity contribution >= 4 is 11.7 Å². The van der Waals surface area contributed by atoms with Gasteiger partial charge in [-0.1, -0.05) is 6.07 Å². The Hall–Kier alpha value is -3.15. The topological polar surface area (TPSA) is 58.6 Å².